The SMILES string of the molecule is CCCCC1C(=O)N(C)CC(=O)NC(CC(=O)O)C(=O)NC(C(C)C)C(=O)NC(Cc2ccccc2C)C(=O)NC(Cc2ccc(O)cc2)C(=O)N(C)CC(=O)NC(Cc2c[nH]c3ccccc23)C(=O)NC(Cc2ccc(O)cc2)C(=O)NC(CC(C)C)C(=O)NC(C(=O)NCC(N)=O)CSCC(=O)NC(Cc2ccccc2)C(=O)N(C)C(Cc2ccccc2)C(=O)N1C. The lowest BCUT2D eigenvalue weighted by atomic mass is 9.97. The number of benzene rings is 6. The van der Waals surface area contributed by atoms with Crippen LogP contribution in [0.5, 0.6) is 11.5 Å². The Kier molecular flexibility index (Phi) is 38.2. The molecule has 11 unspecified atom stereocenters. The molecule has 129 heavy (non-hydrogen) atoms. The number of aromatic nitrogens is 1. The van der Waals surface area contributed by atoms with Crippen molar-refractivity contribution in [1.29, 1.82) is 0 Å². The molecule has 15 amide bonds. The molecule has 11 atom stereocenters. The number of nitrogens with one attached hydrogen (secondary N) is 11. The summed E-state index contributed by atoms with van der Waals surface area (Å²) < 4.78 is 0. The Labute approximate surface area is 753 Å². The summed E-state index contributed by atoms with van der Waals surface area (Å²) in [5, 5.41) is 58.2. The van der Waals surface area contributed by atoms with Gasteiger partial charge in [-0.3, -0.25) is 76.7 Å². The summed E-state index contributed by atoms with van der Waals surface area (Å²) in [7, 11) is 5.25. The number of hydrogen-bond donors (Lipinski definition) is 15. The fourth-order valence-corrected chi connectivity index (χ4v) is 15.7. The van der Waals surface area contributed by atoms with Crippen molar-refractivity contribution in [2.45, 2.75) is 179 Å². The Morgan fingerprint density at radius 2 is 0.930 bits per heavy atom. The quantitative estimate of drug-likeness (QED) is 0.0437. The highest BCUT2D eigenvalue weighted by Crippen LogP contribution is 2.24. The molecule has 0 radical (unpaired) electrons. The standard InChI is InChI=1S/C93H118N16O19S/c1-11-12-31-75-92(127)107(8)51-79(114)98-71(47-81(116)117)88(123)105-82(55(4)5)89(124)102-70(45-61-28-20-19-23-56(61)6)87(122)103-72(43-60-34-38-64(111)39-35-60)90(125)106(7)50-78(113)97-69(46-62-48-95-66-30-22-21-29-65(62)66)86(121)101-68(41-59-32-36-63(110)37-33-59)85(120)100-67(40-54(2)3)84(119)104-74(83(118)96-49-77(94)112)52-129-53-80(115)99-73(42-57-24-15-13-16-25-57)91(126)109(10)76(93(128)108(75)9)44-58-26-17-14-18-27-58/h13-30,32-39,48,54-55,67-76,82,95,110-111H,11-12,31,40-47,49-53H2,1-10H3,(H2,94,112)(H,96,118)(H,97,113)(H,98,114)(H,99,115)(H,100,120)(H,101,121)(H,102,124)(H,103,122)(H,104,119)(H,105,123)(H,116,117). The van der Waals surface area contributed by atoms with Crippen molar-refractivity contribution in [1.82, 2.24) is 77.8 Å². The molecule has 1 aromatic heterocycles. The molecule has 690 valence electrons. The van der Waals surface area contributed by atoms with E-state index in [1.807, 2.05) is 6.92 Å². The van der Waals surface area contributed by atoms with Crippen molar-refractivity contribution >= 4 is 117 Å². The zero-order valence-electron chi connectivity index (χ0n) is 74.1. The van der Waals surface area contributed by atoms with E-state index in [0.29, 0.717) is 62.7 Å². The topological polar surface area (TPSA) is 509 Å². The molecule has 0 aliphatic carbocycles. The number of para-hydroxylation sites is 1. The first kappa shape index (κ1) is 101. The second kappa shape index (κ2) is 48.9. The summed E-state index contributed by atoms with van der Waals surface area (Å²) >= 11 is 0.829. The van der Waals surface area contributed by atoms with Gasteiger partial charge in [0.15, 0.2) is 0 Å². The first-order chi connectivity index (χ1) is 61.4. The second-order valence-electron chi connectivity index (χ2n) is 33.1. The second-order valence-corrected chi connectivity index (χ2v) is 34.1. The molecule has 2 heterocycles. The number of carboxylic acid groups (broad SMARTS) is 1. The van der Waals surface area contributed by atoms with E-state index in [4.69, 9.17) is 5.73 Å². The van der Waals surface area contributed by atoms with Gasteiger partial charge in [-0.15, -0.1) is 11.8 Å². The van der Waals surface area contributed by atoms with Crippen molar-refractivity contribution in [3.63, 3.8) is 0 Å². The average molecular weight is 1800 g/mol. The number of amides is 15. The van der Waals surface area contributed by atoms with E-state index in [2.05, 4.69) is 58.2 Å². The molecule has 8 rings (SSSR count). The lowest BCUT2D eigenvalue weighted by Crippen LogP contribution is -2.61. The molecule has 1 aliphatic heterocycles. The van der Waals surface area contributed by atoms with Crippen molar-refractivity contribution in [3.8, 4) is 11.5 Å². The number of fused-ring (bicyclic) bond motifs is 1. The Morgan fingerprint density at radius 1 is 0.473 bits per heavy atom. The number of aliphatic carboxylic acids is 1. The molecule has 7 aromatic rings. The summed E-state index contributed by atoms with van der Waals surface area (Å²) in [6.45, 7) is 7.89. The van der Waals surface area contributed by atoms with Crippen molar-refractivity contribution in [3.05, 3.63) is 203 Å². The van der Waals surface area contributed by atoms with Gasteiger partial charge in [0.25, 0.3) is 0 Å². The number of aromatic amines is 1. The van der Waals surface area contributed by atoms with Gasteiger partial charge in [-0.2, -0.15) is 0 Å². The number of carbonyl (C=O) groups is 16. The minimum Gasteiger partial charge on any atom is -0.508 e. The molecule has 0 saturated carbocycles. The number of rotatable bonds is 23. The number of nitrogens with zero attached hydrogens (tertiary/aromatic N) is 4. The summed E-state index contributed by atoms with van der Waals surface area (Å²) in [6.07, 6.45) is 0.0598. The van der Waals surface area contributed by atoms with Gasteiger partial charge in [0.1, 0.15) is 78.0 Å². The third-order valence-corrected chi connectivity index (χ3v) is 23.0. The smallest absolute Gasteiger partial charge is 0.305 e. The molecule has 1 aliphatic rings. The van der Waals surface area contributed by atoms with E-state index in [9.17, 15) is 63.3 Å². The third-order valence-electron chi connectivity index (χ3n) is 22.0. The van der Waals surface area contributed by atoms with E-state index in [1.54, 1.807) is 150 Å². The Morgan fingerprint density at radius 3 is 1.50 bits per heavy atom. The molecule has 1 saturated heterocycles. The number of aromatic hydroxyl groups is 2. The number of primary amides is 1. The zero-order valence-corrected chi connectivity index (χ0v) is 74.9. The summed E-state index contributed by atoms with van der Waals surface area (Å²) in [4.78, 5) is 242. The van der Waals surface area contributed by atoms with Crippen molar-refractivity contribution in [2.75, 3.05) is 59.3 Å². The number of unbranched alkanes of at least 4 members (excludes halogenated alkanes) is 1. The number of carbonyl (C=O) groups excluding carboxylic acids is 15. The van der Waals surface area contributed by atoms with Crippen LogP contribution in [-0.4, -0.2) is 260 Å². The van der Waals surface area contributed by atoms with Gasteiger partial charge in [-0.05, 0) is 101 Å². The van der Waals surface area contributed by atoms with Crippen LogP contribution >= 0.6 is 11.8 Å². The number of thioether (sulfide) groups is 1. The summed E-state index contributed by atoms with van der Waals surface area (Å²) in [5.41, 5.74) is 9.81. The fourth-order valence-electron chi connectivity index (χ4n) is 14.9. The highest BCUT2D eigenvalue weighted by atomic mass is 32.2. The number of phenolic OH excluding ortho intramolecular Hbond substituents is 2. The number of likely N-dealkylation sites (N-methyl/N-ethyl adjacent to an activating group) is 4. The molecule has 0 spiro atoms. The van der Waals surface area contributed by atoms with E-state index < -0.39 is 199 Å². The predicted molar refractivity (Wildman–Crippen MR) is 482 cm³/mol. The maximum atomic E-state index is 15.5. The minimum absolute atomic E-state index is 0.0291. The van der Waals surface area contributed by atoms with Gasteiger partial charge < -0.3 is 98.8 Å². The van der Waals surface area contributed by atoms with Crippen LogP contribution in [0.25, 0.3) is 10.9 Å². The number of aryl methyl sites for hydroxylation is 1. The number of carboxylic acids is 1. The molecule has 1 fully saturated rings. The van der Waals surface area contributed by atoms with Crippen LogP contribution in [-0.2, 0) is 115 Å². The Bertz CT molecular complexity index is 5100. The first-order valence-corrected chi connectivity index (χ1v) is 43.8. The number of phenols is 2. The van der Waals surface area contributed by atoms with Crippen molar-refractivity contribution in [2.24, 2.45) is 17.6 Å². The normalized spacial score (nSPS) is 21.8. The minimum atomic E-state index is -1.91. The first-order valence-electron chi connectivity index (χ1n) is 42.7. The van der Waals surface area contributed by atoms with Gasteiger partial charge >= 0.3 is 5.97 Å². The summed E-state index contributed by atoms with van der Waals surface area (Å²) in [5.74, 6) is -17.6. The van der Waals surface area contributed by atoms with Gasteiger partial charge in [0.05, 0.1) is 31.8 Å². The van der Waals surface area contributed by atoms with Gasteiger partial charge in [0, 0.05) is 89.6 Å². The molecular formula is C93H118N16O19S. The molecule has 36 heteroatoms. The van der Waals surface area contributed by atoms with Crippen LogP contribution in [0.1, 0.15) is 106 Å². The van der Waals surface area contributed by atoms with Crippen LogP contribution in [0.2, 0.25) is 0 Å². The Hall–Kier alpha value is -13.7. The van der Waals surface area contributed by atoms with Crippen LogP contribution in [0, 0.1) is 18.8 Å². The van der Waals surface area contributed by atoms with Gasteiger partial charge in [-0.25, -0.2) is 0 Å². The Balaban J connectivity index is 1.21. The van der Waals surface area contributed by atoms with E-state index >= 15 is 28.8 Å². The maximum Gasteiger partial charge on any atom is 0.305 e. The van der Waals surface area contributed by atoms with Crippen molar-refractivity contribution < 1.29 is 92.0 Å². The van der Waals surface area contributed by atoms with Crippen LogP contribution < -0.4 is 58.9 Å². The molecule has 6 aromatic carbocycles. The van der Waals surface area contributed by atoms with Gasteiger partial charge in [-0.1, -0.05) is 175 Å². The van der Waals surface area contributed by atoms with Crippen LogP contribution in [0.15, 0.2) is 164 Å². The summed E-state index contributed by atoms with van der Waals surface area (Å²) in [6, 6.07) is 25.6. The molecular weight excluding hydrogens is 1680 g/mol. The van der Waals surface area contributed by atoms with E-state index in [1.165, 1.54) is 86.5 Å². The van der Waals surface area contributed by atoms with E-state index in [-0.39, 0.29) is 74.5 Å². The number of hydrogen-bond acceptors (Lipinski definition) is 19. The largest absolute Gasteiger partial charge is 0.508 e. The maximum absolute atomic E-state index is 15.5. The zero-order chi connectivity index (χ0) is 94.3. The lowest BCUT2D eigenvalue weighted by Gasteiger charge is -2.37. The number of H-pyrrole nitrogens is 1. The molecule has 35 nitrogen and oxygen atoms in total. The predicted octanol–water partition coefficient (Wildman–Crippen LogP) is 2.29. The molecule has 16 N–H and O–H groups in total. The monoisotopic (exact) mass is 1790 g/mol. The van der Waals surface area contributed by atoms with Gasteiger partial charge in [0.2, 0.25) is 88.6 Å². The number of nitrogens with two attached hydrogens (primary N) is 1. The molecule has 0 bridgehead atoms. The third kappa shape index (κ3) is 30.8. The fraction of sp³-hybridized carbons (Fsp3) is 0.419. The van der Waals surface area contributed by atoms with Crippen LogP contribution in [0.3, 0.4) is 0 Å². The van der Waals surface area contributed by atoms with Crippen LogP contribution in [0.4, 0.5) is 0 Å². The lowest BCUT2D eigenvalue weighted by molar-refractivity contribution is -0.151. The average Bonchev–Trinajstić information content (AvgIpc) is 1.71. The highest BCUT2D eigenvalue weighted by molar-refractivity contribution is 8.00. The highest BCUT2D eigenvalue weighted by Gasteiger charge is 2.42. The van der Waals surface area contributed by atoms with E-state index in [0.717, 1.165) is 21.6 Å².